The number of amides is 1. The summed E-state index contributed by atoms with van der Waals surface area (Å²) < 4.78 is 27.7. The Morgan fingerprint density at radius 2 is 1.56 bits per heavy atom. The largest absolute Gasteiger partial charge is 0.324 e. The van der Waals surface area contributed by atoms with Crippen LogP contribution < -0.4 is 5.32 Å². The van der Waals surface area contributed by atoms with Gasteiger partial charge in [0.2, 0.25) is 0 Å². The van der Waals surface area contributed by atoms with Crippen molar-refractivity contribution in [1.29, 1.82) is 5.26 Å². The monoisotopic (exact) mass is 340 g/mol. The minimum Gasteiger partial charge on any atom is -0.324 e. The van der Waals surface area contributed by atoms with Crippen LogP contribution in [0.4, 0.5) is 8.78 Å². The van der Waals surface area contributed by atoms with E-state index >= 15 is 0 Å². The molecule has 3 nitrogen and oxygen atoms in total. The van der Waals surface area contributed by atoms with Crippen molar-refractivity contribution in [2.24, 2.45) is 5.41 Å². The summed E-state index contributed by atoms with van der Waals surface area (Å²) in [5.41, 5.74) is -0.135. The van der Waals surface area contributed by atoms with E-state index in [0.29, 0.717) is 11.3 Å². The molecule has 0 aliphatic carbocycles. The summed E-state index contributed by atoms with van der Waals surface area (Å²) in [6, 6.07) is 14.1. The zero-order chi connectivity index (χ0) is 18.6. The zero-order valence-corrected chi connectivity index (χ0v) is 14.2. The molecule has 1 N–H and O–H groups in total. The fraction of sp³-hybridized carbons (Fsp3) is 0.200. The van der Waals surface area contributed by atoms with Gasteiger partial charge >= 0.3 is 0 Å². The second kappa shape index (κ2) is 7.27. The smallest absolute Gasteiger partial charge is 0.261 e. The maximum Gasteiger partial charge on any atom is 0.261 e. The molecule has 0 saturated carbocycles. The predicted molar refractivity (Wildman–Crippen MR) is 92.3 cm³/mol. The van der Waals surface area contributed by atoms with Crippen molar-refractivity contribution < 1.29 is 13.6 Å². The summed E-state index contributed by atoms with van der Waals surface area (Å²) in [6.07, 6.45) is 0. The number of carbonyl (C=O) groups excluding carboxylic acids is 1. The lowest BCUT2D eigenvalue weighted by atomic mass is 9.86. The lowest BCUT2D eigenvalue weighted by Crippen LogP contribution is -2.32. The third kappa shape index (κ3) is 4.10. The molecule has 0 heterocycles. The number of hydrogen-bond donors (Lipinski definition) is 1. The van der Waals surface area contributed by atoms with Gasteiger partial charge in [-0.05, 0) is 17.7 Å². The van der Waals surface area contributed by atoms with Gasteiger partial charge in [0.25, 0.3) is 5.91 Å². The standard InChI is InChI=1S/C20H18F2N2O/c1-20(2,3)18(14(12-23)13-8-5-4-6-9-13)24-19(25)17-15(21)10-7-11-16(17)22/h4-11H,1-3H3,(H,24,25). The Kier molecular flexibility index (Phi) is 5.33. The molecule has 0 unspecified atom stereocenters. The fourth-order valence-corrected chi connectivity index (χ4v) is 2.39. The Morgan fingerprint density at radius 1 is 1.00 bits per heavy atom. The molecule has 0 atom stereocenters. The highest BCUT2D eigenvalue weighted by molar-refractivity contribution is 5.97. The highest BCUT2D eigenvalue weighted by Crippen LogP contribution is 2.31. The maximum absolute atomic E-state index is 13.9. The van der Waals surface area contributed by atoms with Gasteiger partial charge in [-0.15, -0.1) is 0 Å². The minimum atomic E-state index is -0.955. The van der Waals surface area contributed by atoms with E-state index < -0.39 is 28.5 Å². The Labute approximate surface area is 145 Å². The molecule has 0 fully saturated rings. The van der Waals surface area contributed by atoms with Crippen LogP contribution in [0, 0.1) is 28.4 Å². The molecule has 0 aliphatic heterocycles. The molecule has 25 heavy (non-hydrogen) atoms. The van der Waals surface area contributed by atoms with Crippen LogP contribution in [0.1, 0.15) is 36.7 Å². The normalized spacial score (nSPS) is 12.2. The van der Waals surface area contributed by atoms with Crippen LogP contribution in [0.15, 0.2) is 54.2 Å². The van der Waals surface area contributed by atoms with Crippen LogP contribution >= 0.6 is 0 Å². The van der Waals surface area contributed by atoms with Crippen molar-refractivity contribution in [1.82, 2.24) is 5.32 Å². The van der Waals surface area contributed by atoms with E-state index in [2.05, 4.69) is 11.4 Å². The number of hydrogen-bond acceptors (Lipinski definition) is 2. The SMILES string of the molecule is CC(C)(C)C(NC(=O)c1c(F)cccc1F)=C(C#N)c1ccccc1. The second-order valence-corrected chi connectivity index (χ2v) is 6.53. The molecular formula is C20H18F2N2O. The van der Waals surface area contributed by atoms with Crippen LogP contribution in [-0.4, -0.2) is 5.91 Å². The van der Waals surface area contributed by atoms with E-state index in [1.54, 1.807) is 45.0 Å². The number of nitrogens with zero attached hydrogens (tertiary/aromatic N) is 1. The Hall–Kier alpha value is -3.00. The average Bonchev–Trinajstić information content (AvgIpc) is 2.54. The molecule has 0 aromatic heterocycles. The predicted octanol–water partition coefficient (Wildman–Crippen LogP) is 4.68. The average molecular weight is 340 g/mol. The van der Waals surface area contributed by atoms with E-state index in [1.807, 2.05) is 6.07 Å². The van der Waals surface area contributed by atoms with Gasteiger partial charge in [-0.2, -0.15) is 5.26 Å². The van der Waals surface area contributed by atoms with Crippen LogP contribution in [0.2, 0.25) is 0 Å². The van der Waals surface area contributed by atoms with E-state index in [9.17, 15) is 18.8 Å². The van der Waals surface area contributed by atoms with Crippen molar-refractivity contribution in [3.8, 4) is 6.07 Å². The van der Waals surface area contributed by atoms with Crippen molar-refractivity contribution in [2.75, 3.05) is 0 Å². The molecule has 2 aromatic rings. The van der Waals surface area contributed by atoms with Crippen LogP contribution in [-0.2, 0) is 0 Å². The quantitative estimate of drug-likeness (QED) is 0.825. The molecular weight excluding hydrogens is 322 g/mol. The molecule has 2 rings (SSSR count). The summed E-state index contributed by atoms with van der Waals surface area (Å²) in [5, 5.41) is 12.1. The molecule has 128 valence electrons. The van der Waals surface area contributed by atoms with Crippen LogP contribution in [0.3, 0.4) is 0 Å². The van der Waals surface area contributed by atoms with E-state index in [0.717, 1.165) is 12.1 Å². The topological polar surface area (TPSA) is 52.9 Å². The lowest BCUT2D eigenvalue weighted by molar-refractivity contribution is 0.0949. The van der Waals surface area contributed by atoms with Gasteiger partial charge in [-0.3, -0.25) is 4.79 Å². The summed E-state index contributed by atoms with van der Waals surface area (Å²) in [5.74, 6) is -2.84. The minimum absolute atomic E-state index is 0.248. The molecule has 2 aromatic carbocycles. The van der Waals surface area contributed by atoms with Crippen molar-refractivity contribution >= 4 is 11.5 Å². The Bertz CT molecular complexity index is 839. The van der Waals surface area contributed by atoms with Crippen molar-refractivity contribution in [2.45, 2.75) is 20.8 Å². The van der Waals surface area contributed by atoms with Gasteiger partial charge in [-0.25, -0.2) is 8.78 Å². The Balaban J connectivity index is 2.55. The highest BCUT2D eigenvalue weighted by atomic mass is 19.1. The second-order valence-electron chi connectivity index (χ2n) is 6.53. The Morgan fingerprint density at radius 3 is 2.04 bits per heavy atom. The number of nitrogens with one attached hydrogen (secondary N) is 1. The summed E-state index contributed by atoms with van der Waals surface area (Å²) in [4.78, 5) is 12.5. The van der Waals surface area contributed by atoms with Gasteiger partial charge < -0.3 is 5.32 Å². The molecule has 0 bridgehead atoms. The maximum atomic E-state index is 13.9. The number of nitriles is 1. The number of halogens is 2. The first-order valence-electron chi connectivity index (χ1n) is 7.71. The number of allylic oxidation sites excluding steroid dienone is 2. The molecule has 0 spiro atoms. The fourth-order valence-electron chi connectivity index (χ4n) is 2.39. The number of rotatable bonds is 3. The van der Waals surface area contributed by atoms with E-state index in [4.69, 9.17) is 0 Å². The summed E-state index contributed by atoms with van der Waals surface area (Å²) in [6.45, 7) is 5.42. The molecule has 0 aliphatic rings. The number of benzene rings is 2. The van der Waals surface area contributed by atoms with Gasteiger partial charge in [0, 0.05) is 11.1 Å². The lowest BCUT2D eigenvalue weighted by Gasteiger charge is -2.25. The first-order valence-corrected chi connectivity index (χ1v) is 7.71. The van der Waals surface area contributed by atoms with Crippen LogP contribution in [0.5, 0.6) is 0 Å². The molecule has 1 amide bonds. The number of carbonyl (C=O) groups is 1. The zero-order valence-electron chi connectivity index (χ0n) is 14.2. The molecule has 0 radical (unpaired) electrons. The first-order chi connectivity index (χ1) is 11.8. The molecule has 5 heteroatoms. The van der Waals surface area contributed by atoms with Crippen molar-refractivity contribution in [3.63, 3.8) is 0 Å². The van der Waals surface area contributed by atoms with Gasteiger partial charge in [0.05, 0.1) is 5.57 Å². The van der Waals surface area contributed by atoms with Gasteiger partial charge in [0.1, 0.15) is 23.3 Å². The van der Waals surface area contributed by atoms with Gasteiger partial charge in [0.15, 0.2) is 0 Å². The summed E-state index contributed by atoms with van der Waals surface area (Å²) >= 11 is 0. The van der Waals surface area contributed by atoms with E-state index in [1.165, 1.54) is 6.07 Å². The third-order valence-corrected chi connectivity index (χ3v) is 3.60. The van der Waals surface area contributed by atoms with Gasteiger partial charge in [-0.1, -0.05) is 57.2 Å². The first kappa shape index (κ1) is 18.3. The van der Waals surface area contributed by atoms with E-state index in [-0.39, 0.29) is 5.57 Å². The third-order valence-electron chi connectivity index (χ3n) is 3.60. The molecule has 0 saturated heterocycles. The van der Waals surface area contributed by atoms with Crippen LogP contribution in [0.25, 0.3) is 5.57 Å². The highest BCUT2D eigenvalue weighted by Gasteiger charge is 2.27. The summed E-state index contributed by atoms with van der Waals surface area (Å²) in [7, 11) is 0. The van der Waals surface area contributed by atoms with Crippen molar-refractivity contribution in [3.05, 3.63) is 77.0 Å².